The molecule has 0 saturated carbocycles. The zero-order chi connectivity index (χ0) is 11.6. The second-order valence-electron chi connectivity index (χ2n) is 4.83. The van der Waals surface area contributed by atoms with Gasteiger partial charge in [-0.1, -0.05) is 37.6 Å². The molecular formula is C13H21NO. The van der Waals surface area contributed by atoms with E-state index in [1.807, 2.05) is 0 Å². The summed E-state index contributed by atoms with van der Waals surface area (Å²) in [7, 11) is 0. The van der Waals surface area contributed by atoms with Crippen LogP contribution in [0.1, 0.15) is 30.5 Å². The van der Waals surface area contributed by atoms with Crippen molar-refractivity contribution in [2.75, 3.05) is 6.61 Å². The SMILES string of the molecule is Cc1ccc(C(C)(C)C(N)CO)c(C)c1. The molecule has 0 spiro atoms. The van der Waals surface area contributed by atoms with Crippen LogP contribution in [0.15, 0.2) is 18.2 Å². The van der Waals surface area contributed by atoms with Crippen molar-refractivity contribution in [1.29, 1.82) is 0 Å². The topological polar surface area (TPSA) is 46.2 Å². The number of aliphatic hydroxyl groups excluding tert-OH is 1. The van der Waals surface area contributed by atoms with Gasteiger partial charge in [0.05, 0.1) is 6.61 Å². The standard InChI is InChI=1S/C13H21NO/c1-9-5-6-11(10(2)7-9)13(3,4)12(14)8-15/h5-7,12,15H,8,14H2,1-4H3. The number of benzene rings is 1. The Morgan fingerprint density at radius 3 is 2.40 bits per heavy atom. The molecule has 0 aliphatic heterocycles. The monoisotopic (exact) mass is 207 g/mol. The fourth-order valence-electron chi connectivity index (χ4n) is 1.96. The van der Waals surface area contributed by atoms with Crippen LogP contribution in [0.3, 0.4) is 0 Å². The maximum atomic E-state index is 9.15. The Hall–Kier alpha value is -0.860. The quantitative estimate of drug-likeness (QED) is 0.795. The van der Waals surface area contributed by atoms with E-state index in [0.29, 0.717) is 0 Å². The van der Waals surface area contributed by atoms with Crippen molar-refractivity contribution in [2.45, 2.75) is 39.2 Å². The first-order valence-electron chi connectivity index (χ1n) is 5.33. The summed E-state index contributed by atoms with van der Waals surface area (Å²) >= 11 is 0. The summed E-state index contributed by atoms with van der Waals surface area (Å²) in [6.07, 6.45) is 0. The third-order valence-corrected chi connectivity index (χ3v) is 3.20. The van der Waals surface area contributed by atoms with E-state index in [1.54, 1.807) is 0 Å². The highest BCUT2D eigenvalue weighted by Gasteiger charge is 2.29. The molecule has 3 N–H and O–H groups in total. The zero-order valence-electron chi connectivity index (χ0n) is 10.0. The Kier molecular flexibility index (Phi) is 3.53. The van der Waals surface area contributed by atoms with E-state index in [9.17, 15) is 0 Å². The van der Waals surface area contributed by atoms with Crippen molar-refractivity contribution < 1.29 is 5.11 Å². The van der Waals surface area contributed by atoms with Crippen molar-refractivity contribution in [3.8, 4) is 0 Å². The summed E-state index contributed by atoms with van der Waals surface area (Å²) in [5.74, 6) is 0. The van der Waals surface area contributed by atoms with Gasteiger partial charge in [-0.05, 0) is 25.0 Å². The van der Waals surface area contributed by atoms with E-state index in [0.717, 1.165) is 0 Å². The molecule has 1 rings (SSSR count). The van der Waals surface area contributed by atoms with E-state index in [-0.39, 0.29) is 18.1 Å². The lowest BCUT2D eigenvalue weighted by atomic mass is 9.76. The molecule has 1 aromatic carbocycles. The van der Waals surface area contributed by atoms with Crippen LogP contribution in [0.5, 0.6) is 0 Å². The number of hydrogen-bond acceptors (Lipinski definition) is 2. The van der Waals surface area contributed by atoms with Gasteiger partial charge in [-0.25, -0.2) is 0 Å². The van der Waals surface area contributed by atoms with Crippen LogP contribution in [0.4, 0.5) is 0 Å². The highest BCUT2D eigenvalue weighted by atomic mass is 16.3. The van der Waals surface area contributed by atoms with E-state index in [1.165, 1.54) is 16.7 Å². The first kappa shape index (κ1) is 12.2. The molecule has 2 nitrogen and oxygen atoms in total. The van der Waals surface area contributed by atoms with E-state index >= 15 is 0 Å². The minimum atomic E-state index is -0.223. The largest absolute Gasteiger partial charge is 0.395 e. The van der Waals surface area contributed by atoms with E-state index < -0.39 is 0 Å². The van der Waals surface area contributed by atoms with Gasteiger partial charge < -0.3 is 10.8 Å². The Morgan fingerprint density at radius 1 is 1.33 bits per heavy atom. The van der Waals surface area contributed by atoms with Gasteiger partial charge in [-0.3, -0.25) is 0 Å². The number of rotatable bonds is 3. The van der Waals surface area contributed by atoms with Gasteiger partial charge in [0.25, 0.3) is 0 Å². The predicted octanol–water partition coefficient (Wildman–Crippen LogP) is 1.90. The highest BCUT2D eigenvalue weighted by molar-refractivity contribution is 5.36. The summed E-state index contributed by atoms with van der Waals surface area (Å²) in [6, 6.07) is 6.13. The molecule has 0 aromatic heterocycles. The average Bonchev–Trinajstić information content (AvgIpc) is 2.15. The second-order valence-corrected chi connectivity index (χ2v) is 4.83. The van der Waals surface area contributed by atoms with E-state index in [4.69, 9.17) is 10.8 Å². The Balaban J connectivity index is 3.15. The van der Waals surface area contributed by atoms with Crippen LogP contribution in [-0.4, -0.2) is 17.8 Å². The molecule has 0 aliphatic rings. The average molecular weight is 207 g/mol. The minimum absolute atomic E-state index is 0.0142. The van der Waals surface area contributed by atoms with Crippen LogP contribution in [0, 0.1) is 13.8 Å². The van der Waals surface area contributed by atoms with Gasteiger partial charge in [0.2, 0.25) is 0 Å². The normalized spacial score (nSPS) is 14.0. The fourth-order valence-corrected chi connectivity index (χ4v) is 1.96. The number of aryl methyl sites for hydroxylation is 2. The third kappa shape index (κ3) is 2.39. The molecule has 2 heteroatoms. The molecule has 0 radical (unpaired) electrons. The minimum Gasteiger partial charge on any atom is -0.395 e. The molecule has 0 amide bonds. The van der Waals surface area contributed by atoms with Crippen molar-refractivity contribution in [1.82, 2.24) is 0 Å². The smallest absolute Gasteiger partial charge is 0.0591 e. The number of hydrogen-bond donors (Lipinski definition) is 2. The Labute approximate surface area is 92.1 Å². The maximum absolute atomic E-state index is 9.15. The summed E-state index contributed by atoms with van der Waals surface area (Å²) in [5, 5.41) is 9.15. The predicted molar refractivity (Wildman–Crippen MR) is 64.0 cm³/mol. The first-order valence-corrected chi connectivity index (χ1v) is 5.33. The Morgan fingerprint density at radius 2 is 1.93 bits per heavy atom. The van der Waals surface area contributed by atoms with Gasteiger partial charge >= 0.3 is 0 Å². The number of aliphatic hydroxyl groups is 1. The van der Waals surface area contributed by atoms with Crippen LogP contribution in [-0.2, 0) is 5.41 Å². The van der Waals surface area contributed by atoms with Crippen LogP contribution in [0.2, 0.25) is 0 Å². The van der Waals surface area contributed by atoms with Gasteiger partial charge in [-0.2, -0.15) is 0 Å². The second kappa shape index (κ2) is 4.33. The van der Waals surface area contributed by atoms with Crippen molar-refractivity contribution in [3.05, 3.63) is 34.9 Å². The summed E-state index contributed by atoms with van der Waals surface area (Å²) in [6.45, 7) is 8.33. The van der Waals surface area contributed by atoms with Crippen LogP contribution >= 0.6 is 0 Å². The summed E-state index contributed by atoms with van der Waals surface area (Å²) in [4.78, 5) is 0. The molecule has 0 heterocycles. The maximum Gasteiger partial charge on any atom is 0.0591 e. The molecule has 0 aliphatic carbocycles. The highest BCUT2D eigenvalue weighted by Crippen LogP contribution is 2.29. The lowest BCUT2D eigenvalue weighted by Crippen LogP contribution is -2.43. The molecule has 1 unspecified atom stereocenters. The summed E-state index contributed by atoms with van der Waals surface area (Å²) in [5.41, 5.74) is 9.46. The molecule has 84 valence electrons. The molecule has 15 heavy (non-hydrogen) atoms. The van der Waals surface area contributed by atoms with Crippen molar-refractivity contribution in [3.63, 3.8) is 0 Å². The van der Waals surface area contributed by atoms with Gasteiger partial charge in [-0.15, -0.1) is 0 Å². The van der Waals surface area contributed by atoms with Crippen LogP contribution < -0.4 is 5.73 Å². The lowest BCUT2D eigenvalue weighted by molar-refractivity contribution is 0.219. The van der Waals surface area contributed by atoms with Crippen molar-refractivity contribution in [2.24, 2.45) is 5.73 Å². The van der Waals surface area contributed by atoms with Gasteiger partial charge in [0.1, 0.15) is 0 Å². The molecule has 1 atom stereocenters. The third-order valence-electron chi connectivity index (χ3n) is 3.20. The zero-order valence-corrected chi connectivity index (χ0v) is 10.0. The van der Waals surface area contributed by atoms with Gasteiger partial charge in [0, 0.05) is 11.5 Å². The van der Waals surface area contributed by atoms with Gasteiger partial charge in [0.15, 0.2) is 0 Å². The van der Waals surface area contributed by atoms with E-state index in [2.05, 4.69) is 45.9 Å². The molecule has 1 aromatic rings. The summed E-state index contributed by atoms with van der Waals surface area (Å²) < 4.78 is 0. The molecular weight excluding hydrogens is 186 g/mol. The van der Waals surface area contributed by atoms with Crippen molar-refractivity contribution >= 4 is 0 Å². The molecule has 0 fully saturated rings. The molecule has 0 saturated heterocycles. The number of nitrogens with two attached hydrogens (primary N) is 1. The first-order chi connectivity index (χ1) is 6.89. The fraction of sp³-hybridized carbons (Fsp3) is 0.538. The van der Waals surface area contributed by atoms with Crippen LogP contribution in [0.25, 0.3) is 0 Å². The molecule has 0 bridgehead atoms. The lowest BCUT2D eigenvalue weighted by Gasteiger charge is -2.32. The Bertz CT molecular complexity index is 344.